The number of hydrogen-bond acceptors (Lipinski definition) is 5. The number of pyridine rings is 1. The van der Waals surface area contributed by atoms with Gasteiger partial charge in [0.05, 0.1) is 5.02 Å². The Morgan fingerprint density at radius 2 is 2.00 bits per heavy atom. The van der Waals surface area contributed by atoms with Crippen molar-refractivity contribution in [1.29, 1.82) is 0 Å². The second-order valence-corrected chi connectivity index (χ2v) is 8.05. The molecule has 1 N–H and O–H groups in total. The van der Waals surface area contributed by atoms with E-state index in [2.05, 4.69) is 15.3 Å². The SMILES string of the molecule is CC(=O)Cc1cc(-c2nc(C(=O)NC3CCC3)c(-c3ccccc3Cl)o2)c(C)cn1. The molecule has 1 fully saturated rings. The molecule has 0 bridgehead atoms. The summed E-state index contributed by atoms with van der Waals surface area (Å²) in [6, 6.07) is 9.15. The van der Waals surface area contributed by atoms with Crippen LogP contribution in [0.2, 0.25) is 5.02 Å². The van der Waals surface area contributed by atoms with E-state index in [0.717, 1.165) is 24.8 Å². The number of aryl methyl sites for hydroxylation is 1. The second-order valence-electron chi connectivity index (χ2n) is 7.65. The van der Waals surface area contributed by atoms with E-state index in [1.165, 1.54) is 6.92 Å². The minimum absolute atomic E-state index is 0.0158. The van der Waals surface area contributed by atoms with Gasteiger partial charge in [0.15, 0.2) is 11.5 Å². The summed E-state index contributed by atoms with van der Waals surface area (Å²) in [7, 11) is 0. The summed E-state index contributed by atoms with van der Waals surface area (Å²) in [4.78, 5) is 33.3. The zero-order chi connectivity index (χ0) is 21.3. The molecule has 1 aromatic carbocycles. The van der Waals surface area contributed by atoms with Crippen molar-refractivity contribution in [1.82, 2.24) is 15.3 Å². The number of Topliss-reactive ketones (excluding diaryl/α,β-unsaturated/α-hetero) is 1. The molecule has 6 nitrogen and oxygen atoms in total. The minimum Gasteiger partial charge on any atom is -0.435 e. The number of nitrogens with zero attached hydrogens (tertiary/aromatic N) is 2. The molecule has 1 amide bonds. The molecule has 0 aliphatic heterocycles. The first kappa shape index (κ1) is 20.3. The molecule has 1 saturated carbocycles. The molecule has 7 heteroatoms. The Kier molecular flexibility index (Phi) is 5.68. The van der Waals surface area contributed by atoms with E-state index < -0.39 is 0 Å². The van der Waals surface area contributed by atoms with E-state index in [1.807, 2.05) is 19.1 Å². The molecule has 2 heterocycles. The summed E-state index contributed by atoms with van der Waals surface area (Å²) in [5, 5.41) is 3.49. The van der Waals surface area contributed by atoms with Crippen LogP contribution < -0.4 is 5.32 Å². The predicted molar refractivity (Wildman–Crippen MR) is 114 cm³/mol. The maximum atomic E-state index is 13.0. The lowest BCUT2D eigenvalue weighted by molar-refractivity contribution is -0.116. The maximum absolute atomic E-state index is 13.0. The Bertz CT molecular complexity index is 1120. The van der Waals surface area contributed by atoms with E-state index in [9.17, 15) is 9.59 Å². The molecule has 30 heavy (non-hydrogen) atoms. The Balaban J connectivity index is 1.80. The number of benzene rings is 1. The van der Waals surface area contributed by atoms with Gasteiger partial charge in [0, 0.05) is 35.5 Å². The standard InChI is InChI=1S/C23H22ClN3O3/c1-13-12-25-16(10-14(2)28)11-18(13)23-27-20(22(29)26-15-6-5-7-15)21(30-23)17-8-3-4-9-19(17)24/h3-4,8-9,11-12,15H,5-7,10H2,1-2H3,(H,26,29). The van der Waals surface area contributed by atoms with Crippen LogP contribution in [0.4, 0.5) is 0 Å². The fourth-order valence-electron chi connectivity index (χ4n) is 3.37. The van der Waals surface area contributed by atoms with Gasteiger partial charge in [0.1, 0.15) is 5.78 Å². The third-order valence-electron chi connectivity index (χ3n) is 5.22. The van der Waals surface area contributed by atoms with Gasteiger partial charge in [-0.25, -0.2) is 4.98 Å². The Morgan fingerprint density at radius 1 is 1.23 bits per heavy atom. The van der Waals surface area contributed by atoms with E-state index in [4.69, 9.17) is 16.0 Å². The van der Waals surface area contributed by atoms with Crippen LogP contribution in [0.1, 0.15) is 47.9 Å². The summed E-state index contributed by atoms with van der Waals surface area (Å²) in [5.74, 6) is 0.368. The largest absolute Gasteiger partial charge is 0.435 e. The Labute approximate surface area is 179 Å². The molecule has 2 aromatic heterocycles. The zero-order valence-corrected chi connectivity index (χ0v) is 17.6. The molecule has 0 radical (unpaired) electrons. The first-order chi connectivity index (χ1) is 14.4. The van der Waals surface area contributed by atoms with Crippen molar-refractivity contribution in [3.63, 3.8) is 0 Å². The quantitative estimate of drug-likeness (QED) is 0.616. The average Bonchev–Trinajstić information content (AvgIpc) is 3.11. The van der Waals surface area contributed by atoms with Crippen molar-refractivity contribution in [3.05, 3.63) is 58.5 Å². The summed E-state index contributed by atoms with van der Waals surface area (Å²) < 4.78 is 6.09. The average molecular weight is 424 g/mol. The minimum atomic E-state index is -0.278. The van der Waals surface area contributed by atoms with Gasteiger partial charge in [-0.1, -0.05) is 23.7 Å². The molecule has 1 aliphatic rings. The van der Waals surface area contributed by atoms with E-state index in [1.54, 1.807) is 24.4 Å². The highest BCUT2D eigenvalue weighted by Gasteiger charge is 2.27. The second kappa shape index (κ2) is 8.40. The van der Waals surface area contributed by atoms with Gasteiger partial charge in [0.25, 0.3) is 5.91 Å². The monoisotopic (exact) mass is 423 g/mol. The summed E-state index contributed by atoms with van der Waals surface area (Å²) in [6.45, 7) is 3.40. The number of oxazole rings is 1. The lowest BCUT2D eigenvalue weighted by Gasteiger charge is -2.25. The first-order valence-electron chi connectivity index (χ1n) is 9.94. The van der Waals surface area contributed by atoms with Gasteiger partial charge in [-0.05, 0) is 56.9 Å². The third kappa shape index (κ3) is 4.14. The summed E-state index contributed by atoms with van der Waals surface area (Å²) >= 11 is 6.38. The molecule has 0 spiro atoms. The van der Waals surface area contributed by atoms with Crippen LogP contribution in [0.3, 0.4) is 0 Å². The van der Waals surface area contributed by atoms with Crippen LogP contribution in [0.5, 0.6) is 0 Å². The van der Waals surface area contributed by atoms with Crippen LogP contribution >= 0.6 is 11.6 Å². The number of carbonyl (C=O) groups excluding carboxylic acids is 2. The number of aromatic nitrogens is 2. The number of nitrogens with one attached hydrogen (secondary N) is 1. The summed E-state index contributed by atoms with van der Waals surface area (Å²) in [5.41, 5.74) is 2.96. The van der Waals surface area contributed by atoms with Gasteiger partial charge in [-0.15, -0.1) is 0 Å². The fraction of sp³-hybridized carbons (Fsp3) is 0.304. The highest BCUT2D eigenvalue weighted by atomic mass is 35.5. The van der Waals surface area contributed by atoms with Crippen molar-refractivity contribution in [2.75, 3.05) is 0 Å². The molecule has 3 aromatic rings. The van der Waals surface area contributed by atoms with Gasteiger partial charge in [-0.3, -0.25) is 14.6 Å². The zero-order valence-electron chi connectivity index (χ0n) is 16.9. The number of amides is 1. The predicted octanol–water partition coefficient (Wildman–Crippen LogP) is 4.78. The van der Waals surface area contributed by atoms with Crippen LogP contribution in [-0.2, 0) is 11.2 Å². The lowest BCUT2D eigenvalue weighted by Crippen LogP contribution is -2.39. The fourth-order valence-corrected chi connectivity index (χ4v) is 3.59. The number of rotatable bonds is 6. The van der Waals surface area contributed by atoms with Gasteiger partial charge in [-0.2, -0.15) is 0 Å². The Morgan fingerprint density at radius 3 is 2.67 bits per heavy atom. The normalized spacial score (nSPS) is 13.7. The smallest absolute Gasteiger partial charge is 0.274 e. The van der Waals surface area contributed by atoms with Crippen LogP contribution in [-0.4, -0.2) is 27.7 Å². The number of carbonyl (C=O) groups is 2. The number of halogens is 1. The van der Waals surface area contributed by atoms with Crippen LogP contribution in [0, 0.1) is 6.92 Å². The highest BCUT2D eigenvalue weighted by molar-refractivity contribution is 6.33. The van der Waals surface area contributed by atoms with E-state index in [-0.39, 0.29) is 29.8 Å². The first-order valence-corrected chi connectivity index (χ1v) is 10.3. The number of ketones is 1. The number of hydrogen-bond donors (Lipinski definition) is 1. The molecule has 0 saturated heterocycles. The molecule has 4 rings (SSSR count). The van der Waals surface area contributed by atoms with Gasteiger partial charge in [0.2, 0.25) is 5.89 Å². The van der Waals surface area contributed by atoms with Crippen molar-refractivity contribution in [3.8, 4) is 22.8 Å². The summed E-state index contributed by atoms with van der Waals surface area (Å²) in [6.07, 6.45) is 4.95. The Hall–Kier alpha value is -2.99. The topological polar surface area (TPSA) is 85.1 Å². The van der Waals surface area contributed by atoms with Gasteiger partial charge < -0.3 is 9.73 Å². The van der Waals surface area contributed by atoms with Crippen molar-refractivity contribution in [2.45, 2.75) is 45.6 Å². The molecule has 1 aliphatic carbocycles. The van der Waals surface area contributed by atoms with Gasteiger partial charge >= 0.3 is 0 Å². The molecular formula is C23H22ClN3O3. The molecule has 0 atom stereocenters. The highest BCUT2D eigenvalue weighted by Crippen LogP contribution is 2.35. The molecule has 0 unspecified atom stereocenters. The van der Waals surface area contributed by atoms with Crippen molar-refractivity contribution in [2.24, 2.45) is 0 Å². The van der Waals surface area contributed by atoms with Crippen molar-refractivity contribution < 1.29 is 14.0 Å². The molecule has 154 valence electrons. The maximum Gasteiger partial charge on any atom is 0.274 e. The molecular weight excluding hydrogens is 402 g/mol. The lowest BCUT2D eigenvalue weighted by atomic mass is 9.93. The van der Waals surface area contributed by atoms with Crippen LogP contribution in [0.15, 0.2) is 40.9 Å². The third-order valence-corrected chi connectivity index (χ3v) is 5.55. The van der Waals surface area contributed by atoms with E-state index >= 15 is 0 Å². The van der Waals surface area contributed by atoms with Crippen LogP contribution in [0.25, 0.3) is 22.8 Å². The van der Waals surface area contributed by atoms with E-state index in [0.29, 0.717) is 33.5 Å². The van der Waals surface area contributed by atoms with Crippen molar-refractivity contribution >= 4 is 23.3 Å².